The maximum absolute atomic E-state index is 10.7. The van der Waals surface area contributed by atoms with E-state index in [1.807, 2.05) is 0 Å². The van der Waals surface area contributed by atoms with Gasteiger partial charge in [-0.05, 0) is 12.2 Å². The number of aromatic hydroxyl groups is 1. The maximum Gasteiger partial charge on any atom is 0.294 e. The van der Waals surface area contributed by atoms with Gasteiger partial charge in [-0.1, -0.05) is 0 Å². The van der Waals surface area contributed by atoms with Crippen LogP contribution < -0.4 is 5.56 Å². The van der Waals surface area contributed by atoms with E-state index in [4.69, 9.17) is 10.2 Å². The fourth-order valence-corrected chi connectivity index (χ4v) is 0.857. The van der Waals surface area contributed by atoms with Crippen molar-refractivity contribution in [3.8, 4) is 5.75 Å². The van der Waals surface area contributed by atoms with Crippen LogP contribution in [-0.2, 0) is 6.61 Å². The third kappa shape index (κ3) is 1.47. The van der Waals surface area contributed by atoms with Gasteiger partial charge in [0.15, 0.2) is 4.77 Å². The molecule has 0 bridgehead atoms. The molecule has 11 heavy (non-hydrogen) atoms. The molecule has 0 aliphatic rings. The van der Waals surface area contributed by atoms with E-state index in [0.717, 1.165) is 0 Å². The van der Waals surface area contributed by atoms with Gasteiger partial charge in [-0.3, -0.25) is 9.78 Å². The normalized spacial score (nSPS) is 9.91. The molecular weight excluding hydrogens is 168 g/mol. The van der Waals surface area contributed by atoms with Gasteiger partial charge in [0, 0.05) is 0 Å². The zero-order valence-electron chi connectivity index (χ0n) is 5.42. The van der Waals surface area contributed by atoms with E-state index in [2.05, 4.69) is 22.2 Å². The molecule has 0 fully saturated rings. The number of hydrogen-bond acceptors (Lipinski definition) is 4. The molecule has 4 N–H and O–H groups in total. The molecule has 0 amide bonds. The van der Waals surface area contributed by atoms with Crippen LogP contribution in [0.5, 0.6) is 5.75 Å². The molecular formula is C5H6N2O3S. The van der Waals surface area contributed by atoms with Gasteiger partial charge in [-0.2, -0.15) is 0 Å². The largest absolute Gasteiger partial charge is 0.502 e. The Hall–Kier alpha value is -1.14. The second kappa shape index (κ2) is 2.85. The summed E-state index contributed by atoms with van der Waals surface area (Å²) in [7, 11) is 0. The summed E-state index contributed by atoms with van der Waals surface area (Å²) < 4.78 is 0.0804. The van der Waals surface area contributed by atoms with Gasteiger partial charge in [-0.25, -0.2) is 0 Å². The van der Waals surface area contributed by atoms with Crippen LogP contribution in [0.3, 0.4) is 0 Å². The molecule has 5 nitrogen and oxygen atoms in total. The van der Waals surface area contributed by atoms with Crippen LogP contribution in [0.25, 0.3) is 0 Å². The number of aromatic nitrogens is 2. The van der Waals surface area contributed by atoms with Crippen LogP contribution in [-0.4, -0.2) is 20.2 Å². The minimum absolute atomic E-state index is 0.0266. The Bertz CT molecular complexity index is 367. The van der Waals surface area contributed by atoms with Gasteiger partial charge in [0.05, 0.1) is 12.3 Å². The van der Waals surface area contributed by atoms with Crippen molar-refractivity contribution in [2.45, 2.75) is 6.61 Å². The van der Waals surface area contributed by atoms with Gasteiger partial charge in [0.2, 0.25) is 5.75 Å². The van der Waals surface area contributed by atoms with Crippen molar-refractivity contribution in [1.82, 2.24) is 9.97 Å². The van der Waals surface area contributed by atoms with Gasteiger partial charge in [0.1, 0.15) is 0 Å². The van der Waals surface area contributed by atoms with Crippen molar-refractivity contribution in [1.29, 1.82) is 0 Å². The smallest absolute Gasteiger partial charge is 0.294 e. The molecule has 1 aromatic heterocycles. The van der Waals surface area contributed by atoms with E-state index in [0.29, 0.717) is 0 Å². The first-order valence-corrected chi connectivity index (χ1v) is 3.21. The number of aliphatic hydroxyl groups excluding tert-OH is 1. The van der Waals surface area contributed by atoms with Gasteiger partial charge < -0.3 is 15.2 Å². The Morgan fingerprint density at radius 1 is 1.45 bits per heavy atom. The topological polar surface area (TPSA) is 89.1 Å². The summed E-state index contributed by atoms with van der Waals surface area (Å²) in [5, 5.41) is 17.5. The first-order chi connectivity index (χ1) is 5.15. The molecule has 0 aliphatic carbocycles. The highest BCUT2D eigenvalue weighted by molar-refractivity contribution is 7.71. The van der Waals surface area contributed by atoms with E-state index < -0.39 is 17.9 Å². The van der Waals surface area contributed by atoms with Crippen molar-refractivity contribution in [3.63, 3.8) is 0 Å². The summed E-state index contributed by atoms with van der Waals surface area (Å²) in [6.45, 7) is -0.445. The van der Waals surface area contributed by atoms with E-state index in [-0.39, 0.29) is 10.5 Å². The molecule has 0 spiro atoms. The first kappa shape index (κ1) is 7.96. The molecule has 0 radical (unpaired) electrons. The quantitative estimate of drug-likeness (QED) is 0.437. The van der Waals surface area contributed by atoms with Crippen molar-refractivity contribution >= 4 is 12.2 Å². The van der Waals surface area contributed by atoms with Crippen molar-refractivity contribution in [3.05, 3.63) is 20.8 Å². The minimum Gasteiger partial charge on any atom is -0.502 e. The third-order valence-corrected chi connectivity index (χ3v) is 1.35. The van der Waals surface area contributed by atoms with Crippen LogP contribution >= 0.6 is 12.2 Å². The number of aliphatic hydroxyl groups is 1. The van der Waals surface area contributed by atoms with Crippen LogP contribution in [0.15, 0.2) is 4.79 Å². The first-order valence-electron chi connectivity index (χ1n) is 2.80. The highest BCUT2D eigenvalue weighted by Gasteiger charge is 2.03. The second-order valence-electron chi connectivity index (χ2n) is 1.89. The van der Waals surface area contributed by atoms with E-state index in [1.165, 1.54) is 0 Å². The molecule has 0 unspecified atom stereocenters. The molecule has 6 heteroatoms. The maximum atomic E-state index is 10.7. The number of hydrogen-bond donors (Lipinski definition) is 4. The molecule has 0 saturated heterocycles. The summed E-state index contributed by atoms with van der Waals surface area (Å²) in [5.41, 5.74) is -0.670. The fourth-order valence-electron chi connectivity index (χ4n) is 0.641. The van der Waals surface area contributed by atoms with Crippen molar-refractivity contribution in [2.75, 3.05) is 0 Å². The summed E-state index contributed by atoms with van der Waals surface area (Å²) in [4.78, 5) is 15.3. The van der Waals surface area contributed by atoms with Crippen LogP contribution in [0.4, 0.5) is 0 Å². The van der Waals surface area contributed by atoms with Crippen LogP contribution in [0.2, 0.25) is 0 Å². The molecule has 60 valence electrons. The minimum atomic E-state index is -0.696. The number of rotatable bonds is 1. The Balaban J connectivity index is 3.49. The molecule has 0 aromatic carbocycles. The number of nitrogens with one attached hydrogen (secondary N) is 2. The lowest BCUT2D eigenvalue weighted by atomic mass is 10.4. The van der Waals surface area contributed by atoms with E-state index in [9.17, 15) is 4.79 Å². The van der Waals surface area contributed by atoms with Gasteiger partial charge >= 0.3 is 0 Å². The Morgan fingerprint density at radius 3 is 2.64 bits per heavy atom. The van der Waals surface area contributed by atoms with Crippen molar-refractivity contribution in [2.24, 2.45) is 0 Å². The molecule has 0 saturated carbocycles. The highest BCUT2D eigenvalue weighted by atomic mass is 32.1. The fraction of sp³-hybridized carbons (Fsp3) is 0.200. The Labute approximate surface area is 66.3 Å². The van der Waals surface area contributed by atoms with E-state index >= 15 is 0 Å². The SMILES string of the molecule is O=c1[nH]c(=S)[nH]c(CO)c1O. The summed E-state index contributed by atoms with van der Waals surface area (Å²) in [5.74, 6) is -0.527. The molecule has 1 heterocycles. The lowest BCUT2D eigenvalue weighted by molar-refractivity contribution is 0.268. The lowest BCUT2D eigenvalue weighted by Gasteiger charge is -1.97. The molecule has 0 aliphatic heterocycles. The number of aromatic amines is 2. The van der Waals surface area contributed by atoms with Crippen LogP contribution in [0.1, 0.15) is 5.69 Å². The zero-order chi connectivity index (χ0) is 8.43. The average molecular weight is 174 g/mol. The van der Waals surface area contributed by atoms with Gasteiger partial charge in [0.25, 0.3) is 5.56 Å². The van der Waals surface area contributed by atoms with Crippen molar-refractivity contribution < 1.29 is 10.2 Å². The molecule has 1 rings (SSSR count). The summed E-state index contributed by atoms with van der Waals surface area (Å²) in [6.07, 6.45) is 0. The molecule has 0 atom stereocenters. The second-order valence-corrected chi connectivity index (χ2v) is 2.30. The summed E-state index contributed by atoms with van der Waals surface area (Å²) in [6, 6.07) is 0. The predicted octanol–water partition coefficient (Wildman–Crippen LogP) is -0.370. The summed E-state index contributed by atoms with van der Waals surface area (Å²) >= 11 is 4.58. The van der Waals surface area contributed by atoms with Crippen LogP contribution in [0, 0.1) is 4.77 Å². The molecule has 1 aromatic rings. The monoisotopic (exact) mass is 174 g/mol. The Morgan fingerprint density at radius 2 is 2.09 bits per heavy atom. The standard InChI is InChI=1S/C5H6N2O3S/c8-1-2-3(9)4(10)7-5(11)6-2/h8-9H,1H2,(H2,6,7,10,11). The van der Waals surface area contributed by atoms with Gasteiger partial charge in [-0.15, -0.1) is 0 Å². The Kier molecular flexibility index (Phi) is 2.06. The number of H-pyrrole nitrogens is 2. The van der Waals surface area contributed by atoms with E-state index in [1.54, 1.807) is 0 Å². The lowest BCUT2D eigenvalue weighted by Crippen LogP contribution is -2.10. The highest BCUT2D eigenvalue weighted by Crippen LogP contribution is 2.04. The average Bonchev–Trinajstić information content (AvgIpc) is 1.96. The third-order valence-electron chi connectivity index (χ3n) is 1.15. The predicted molar refractivity (Wildman–Crippen MR) is 39.8 cm³/mol. The zero-order valence-corrected chi connectivity index (χ0v) is 6.23.